The van der Waals surface area contributed by atoms with Crippen LogP contribution in [-0.2, 0) is 9.59 Å². The SMILES string of the molecule is NC(=O)CN(CC(N)=O)c1ccc(F)cc1C(N)=S. The molecule has 0 saturated heterocycles. The summed E-state index contributed by atoms with van der Waals surface area (Å²) < 4.78 is 13.2. The Morgan fingerprint density at radius 1 is 1.16 bits per heavy atom. The molecule has 0 atom stereocenters. The minimum absolute atomic E-state index is 0.0616. The van der Waals surface area contributed by atoms with E-state index in [9.17, 15) is 14.0 Å². The molecule has 0 aliphatic rings. The number of benzene rings is 1. The molecule has 0 aromatic heterocycles. The molecule has 1 aromatic carbocycles. The van der Waals surface area contributed by atoms with Crippen molar-refractivity contribution in [3.05, 3.63) is 29.6 Å². The highest BCUT2D eigenvalue weighted by Crippen LogP contribution is 2.21. The van der Waals surface area contributed by atoms with Crippen LogP contribution in [0.1, 0.15) is 5.56 Å². The number of rotatable bonds is 6. The first-order chi connectivity index (χ1) is 8.81. The third-order valence-corrected chi connectivity index (χ3v) is 2.48. The minimum atomic E-state index is -0.667. The number of nitrogens with zero attached hydrogens (tertiary/aromatic N) is 1. The number of primary amides is 2. The zero-order valence-corrected chi connectivity index (χ0v) is 10.7. The number of hydrogen-bond acceptors (Lipinski definition) is 4. The van der Waals surface area contributed by atoms with Crippen molar-refractivity contribution in [2.24, 2.45) is 17.2 Å². The lowest BCUT2D eigenvalue weighted by Gasteiger charge is -2.24. The zero-order valence-electron chi connectivity index (χ0n) is 9.93. The maximum Gasteiger partial charge on any atom is 0.236 e. The van der Waals surface area contributed by atoms with Gasteiger partial charge in [0.25, 0.3) is 0 Å². The molecule has 19 heavy (non-hydrogen) atoms. The lowest BCUT2D eigenvalue weighted by Crippen LogP contribution is -2.40. The predicted molar refractivity (Wildman–Crippen MR) is 72.9 cm³/mol. The molecule has 1 aromatic rings. The Morgan fingerprint density at radius 3 is 2.11 bits per heavy atom. The Kier molecular flexibility index (Phi) is 4.76. The first kappa shape index (κ1) is 14.8. The van der Waals surface area contributed by atoms with Crippen LogP contribution in [0.2, 0.25) is 0 Å². The van der Waals surface area contributed by atoms with Gasteiger partial charge in [-0.05, 0) is 18.2 Å². The lowest BCUT2D eigenvalue weighted by atomic mass is 10.1. The lowest BCUT2D eigenvalue weighted by molar-refractivity contribution is -0.117. The standard InChI is InChI=1S/C11H13FN4O2S/c12-6-1-2-8(7(3-6)11(15)19)16(4-9(13)17)5-10(14)18/h1-3H,4-5H2,(H2,13,17)(H2,14,18)(H2,15,19). The van der Waals surface area contributed by atoms with Gasteiger partial charge in [-0.3, -0.25) is 9.59 Å². The fourth-order valence-electron chi connectivity index (χ4n) is 1.58. The maximum atomic E-state index is 13.2. The molecule has 0 radical (unpaired) electrons. The highest BCUT2D eigenvalue weighted by molar-refractivity contribution is 7.80. The van der Waals surface area contributed by atoms with Gasteiger partial charge in [-0.2, -0.15) is 0 Å². The zero-order chi connectivity index (χ0) is 14.6. The molecule has 0 unspecified atom stereocenters. The van der Waals surface area contributed by atoms with E-state index in [-0.39, 0.29) is 23.6 Å². The average molecular weight is 284 g/mol. The maximum absolute atomic E-state index is 13.2. The summed E-state index contributed by atoms with van der Waals surface area (Å²) in [5.74, 6) is -1.87. The largest absolute Gasteiger partial charge is 0.389 e. The number of carbonyl (C=O) groups is 2. The number of carbonyl (C=O) groups excluding carboxylic acids is 2. The number of nitrogens with two attached hydrogens (primary N) is 3. The van der Waals surface area contributed by atoms with Crippen LogP contribution < -0.4 is 22.1 Å². The third kappa shape index (κ3) is 4.18. The van der Waals surface area contributed by atoms with Gasteiger partial charge < -0.3 is 22.1 Å². The van der Waals surface area contributed by atoms with Crippen LogP contribution in [0.25, 0.3) is 0 Å². The molecular formula is C11H13FN4O2S. The van der Waals surface area contributed by atoms with E-state index in [4.69, 9.17) is 29.4 Å². The van der Waals surface area contributed by atoms with E-state index in [1.807, 2.05) is 0 Å². The summed E-state index contributed by atoms with van der Waals surface area (Å²) in [6.45, 7) is -0.519. The van der Waals surface area contributed by atoms with Gasteiger partial charge in [0.1, 0.15) is 10.8 Å². The number of amides is 2. The molecule has 0 saturated carbocycles. The topological polar surface area (TPSA) is 115 Å². The molecule has 102 valence electrons. The van der Waals surface area contributed by atoms with Gasteiger partial charge in [-0.25, -0.2) is 4.39 Å². The Balaban J connectivity index is 3.24. The second kappa shape index (κ2) is 6.10. The molecule has 0 fully saturated rings. The first-order valence-corrected chi connectivity index (χ1v) is 5.63. The molecule has 0 aliphatic carbocycles. The summed E-state index contributed by atoms with van der Waals surface area (Å²) >= 11 is 4.81. The highest BCUT2D eigenvalue weighted by Gasteiger charge is 2.17. The average Bonchev–Trinajstić information content (AvgIpc) is 2.26. The van der Waals surface area contributed by atoms with Crippen LogP contribution in [-0.4, -0.2) is 29.9 Å². The molecule has 8 heteroatoms. The quantitative estimate of drug-likeness (QED) is 0.594. The summed E-state index contributed by atoms with van der Waals surface area (Å²) in [6, 6.07) is 3.63. The monoisotopic (exact) mass is 284 g/mol. The third-order valence-electron chi connectivity index (χ3n) is 2.26. The van der Waals surface area contributed by atoms with Gasteiger partial charge in [0.05, 0.1) is 13.1 Å². The molecule has 1 rings (SSSR count). The summed E-state index contributed by atoms with van der Waals surface area (Å²) in [5.41, 5.74) is 16.2. The van der Waals surface area contributed by atoms with Crippen molar-refractivity contribution >= 4 is 34.7 Å². The van der Waals surface area contributed by atoms with E-state index >= 15 is 0 Å². The van der Waals surface area contributed by atoms with Gasteiger partial charge in [0.2, 0.25) is 11.8 Å². The smallest absolute Gasteiger partial charge is 0.236 e. The van der Waals surface area contributed by atoms with E-state index in [0.717, 1.165) is 12.1 Å². The number of thiocarbonyl (C=S) groups is 1. The molecule has 0 heterocycles. The normalized spacial score (nSPS) is 9.95. The minimum Gasteiger partial charge on any atom is -0.389 e. The van der Waals surface area contributed by atoms with Crippen LogP contribution in [0, 0.1) is 5.82 Å². The van der Waals surface area contributed by atoms with Crippen molar-refractivity contribution in [2.45, 2.75) is 0 Å². The number of hydrogen-bond donors (Lipinski definition) is 3. The molecule has 0 aliphatic heterocycles. The summed E-state index contributed by atoms with van der Waals surface area (Å²) in [4.78, 5) is 23.2. The van der Waals surface area contributed by atoms with Crippen molar-refractivity contribution in [3.8, 4) is 0 Å². The van der Waals surface area contributed by atoms with Crippen LogP contribution in [0.3, 0.4) is 0 Å². The Morgan fingerprint density at radius 2 is 1.68 bits per heavy atom. The van der Waals surface area contributed by atoms with Crippen LogP contribution in [0.5, 0.6) is 0 Å². The van der Waals surface area contributed by atoms with Gasteiger partial charge in [0.15, 0.2) is 0 Å². The number of anilines is 1. The van der Waals surface area contributed by atoms with Gasteiger partial charge in [-0.15, -0.1) is 0 Å². The fraction of sp³-hybridized carbons (Fsp3) is 0.182. The first-order valence-electron chi connectivity index (χ1n) is 5.22. The van der Waals surface area contributed by atoms with E-state index in [1.54, 1.807) is 0 Å². The van der Waals surface area contributed by atoms with E-state index < -0.39 is 17.6 Å². The van der Waals surface area contributed by atoms with Crippen molar-refractivity contribution < 1.29 is 14.0 Å². The molecule has 0 spiro atoms. The van der Waals surface area contributed by atoms with E-state index in [0.29, 0.717) is 5.69 Å². The number of halogens is 1. The van der Waals surface area contributed by atoms with Crippen LogP contribution >= 0.6 is 12.2 Å². The van der Waals surface area contributed by atoms with E-state index in [2.05, 4.69) is 0 Å². The van der Waals surface area contributed by atoms with Crippen LogP contribution in [0.4, 0.5) is 10.1 Å². The second-order valence-electron chi connectivity index (χ2n) is 3.81. The Bertz CT molecular complexity index is 519. The molecule has 6 N–H and O–H groups in total. The van der Waals surface area contributed by atoms with Gasteiger partial charge >= 0.3 is 0 Å². The molecule has 0 bridgehead atoms. The summed E-state index contributed by atoms with van der Waals surface area (Å²) in [6.07, 6.45) is 0. The second-order valence-corrected chi connectivity index (χ2v) is 4.25. The van der Waals surface area contributed by atoms with Crippen molar-refractivity contribution in [1.29, 1.82) is 0 Å². The van der Waals surface area contributed by atoms with Crippen molar-refractivity contribution in [2.75, 3.05) is 18.0 Å². The van der Waals surface area contributed by atoms with Gasteiger partial charge in [0, 0.05) is 11.3 Å². The summed E-state index contributed by atoms with van der Waals surface area (Å²) in [7, 11) is 0. The molecular weight excluding hydrogens is 271 g/mol. The van der Waals surface area contributed by atoms with Gasteiger partial charge in [-0.1, -0.05) is 12.2 Å². The van der Waals surface area contributed by atoms with Crippen molar-refractivity contribution in [3.63, 3.8) is 0 Å². The van der Waals surface area contributed by atoms with E-state index in [1.165, 1.54) is 11.0 Å². The predicted octanol–water partition coefficient (Wildman–Crippen LogP) is -0.763. The Hall–Kier alpha value is -2.22. The molecule has 2 amide bonds. The van der Waals surface area contributed by atoms with Crippen LogP contribution in [0.15, 0.2) is 18.2 Å². The summed E-state index contributed by atoms with van der Waals surface area (Å²) in [5, 5.41) is 0. The highest BCUT2D eigenvalue weighted by atomic mass is 32.1. The molecule has 6 nitrogen and oxygen atoms in total. The fourth-order valence-corrected chi connectivity index (χ4v) is 1.75. The Labute approximate surface area is 114 Å². The van der Waals surface area contributed by atoms with Crippen molar-refractivity contribution in [1.82, 2.24) is 0 Å².